The summed E-state index contributed by atoms with van der Waals surface area (Å²) in [6, 6.07) is 10.1. The highest BCUT2D eigenvalue weighted by Crippen LogP contribution is 2.21. The highest BCUT2D eigenvalue weighted by molar-refractivity contribution is 5.24. The van der Waals surface area contributed by atoms with Crippen LogP contribution in [0.5, 0.6) is 0 Å². The van der Waals surface area contributed by atoms with Crippen molar-refractivity contribution in [1.82, 2.24) is 5.32 Å². The molecule has 0 saturated carbocycles. The lowest BCUT2D eigenvalue weighted by atomic mass is 9.95. The second-order valence-corrected chi connectivity index (χ2v) is 5.89. The van der Waals surface area contributed by atoms with Crippen molar-refractivity contribution in [2.75, 3.05) is 0 Å². The Kier molecular flexibility index (Phi) is 7.15. The van der Waals surface area contributed by atoms with Crippen molar-refractivity contribution in [1.29, 1.82) is 0 Å². The third-order valence-corrected chi connectivity index (χ3v) is 4.20. The van der Waals surface area contributed by atoms with Crippen LogP contribution in [-0.2, 0) is 0 Å². The molecule has 1 rings (SSSR count). The van der Waals surface area contributed by atoms with Crippen molar-refractivity contribution < 1.29 is 0 Å². The highest BCUT2D eigenvalue weighted by atomic mass is 14.9. The minimum absolute atomic E-state index is 0.495. The zero-order chi connectivity index (χ0) is 14.3. The number of rotatable bonds is 8. The molecule has 0 saturated heterocycles. The normalized spacial score (nSPS) is 16.1. The predicted octanol–water partition coefficient (Wildman–Crippen LogP) is 5.25. The third kappa shape index (κ3) is 5.36. The molecule has 0 aliphatic carbocycles. The number of benzene rings is 1. The van der Waals surface area contributed by atoms with Crippen molar-refractivity contribution in [2.24, 2.45) is 5.92 Å². The molecule has 0 amide bonds. The molecule has 0 aromatic heterocycles. The molecule has 108 valence electrons. The van der Waals surface area contributed by atoms with E-state index < -0.39 is 0 Å². The van der Waals surface area contributed by atoms with Crippen LogP contribution in [-0.4, -0.2) is 6.04 Å². The van der Waals surface area contributed by atoms with E-state index in [0.717, 1.165) is 12.3 Å². The van der Waals surface area contributed by atoms with Gasteiger partial charge in [0.25, 0.3) is 0 Å². The number of hydrogen-bond donors (Lipinski definition) is 1. The smallest absolute Gasteiger partial charge is 0.0320 e. The molecule has 1 N–H and O–H groups in total. The lowest BCUT2D eigenvalue weighted by Crippen LogP contribution is -2.33. The van der Waals surface area contributed by atoms with Gasteiger partial charge in [0, 0.05) is 12.1 Å². The lowest BCUT2D eigenvalue weighted by molar-refractivity contribution is 0.346. The van der Waals surface area contributed by atoms with Crippen LogP contribution in [0.2, 0.25) is 0 Å². The fourth-order valence-corrected chi connectivity index (χ4v) is 2.54. The molecule has 1 aromatic rings. The molecule has 0 aliphatic rings. The maximum atomic E-state index is 3.85. The fraction of sp³-hybridized carbons (Fsp3) is 0.667. The summed E-state index contributed by atoms with van der Waals surface area (Å²) in [4.78, 5) is 0. The minimum Gasteiger partial charge on any atom is -0.307 e. The van der Waals surface area contributed by atoms with Crippen LogP contribution >= 0.6 is 0 Å². The molecular weight excluding hydrogens is 230 g/mol. The van der Waals surface area contributed by atoms with Gasteiger partial charge >= 0.3 is 0 Å². The van der Waals surface area contributed by atoms with E-state index in [2.05, 4.69) is 64.2 Å². The summed E-state index contributed by atoms with van der Waals surface area (Å²) in [5.74, 6) is 0.813. The molecule has 0 aliphatic heterocycles. The lowest BCUT2D eigenvalue weighted by Gasteiger charge is -2.26. The molecule has 0 spiro atoms. The average molecular weight is 261 g/mol. The molecule has 1 nitrogen and oxygen atoms in total. The third-order valence-electron chi connectivity index (χ3n) is 4.20. The molecule has 1 aromatic carbocycles. The summed E-state index contributed by atoms with van der Waals surface area (Å²) in [6.45, 7) is 11.4. The maximum absolute atomic E-state index is 3.85. The predicted molar refractivity (Wildman–Crippen MR) is 85.5 cm³/mol. The van der Waals surface area contributed by atoms with Gasteiger partial charge in [-0.15, -0.1) is 0 Å². The van der Waals surface area contributed by atoms with Crippen molar-refractivity contribution in [3.8, 4) is 0 Å². The molecule has 19 heavy (non-hydrogen) atoms. The van der Waals surface area contributed by atoms with Gasteiger partial charge in [-0.3, -0.25) is 0 Å². The second-order valence-electron chi connectivity index (χ2n) is 5.89. The average Bonchev–Trinajstić information content (AvgIpc) is 2.44. The quantitative estimate of drug-likeness (QED) is 0.674. The molecule has 0 heterocycles. The molecule has 3 unspecified atom stereocenters. The van der Waals surface area contributed by atoms with E-state index in [1.165, 1.54) is 30.4 Å². The zero-order valence-electron chi connectivity index (χ0n) is 13.4. The topological polar surface area (TPSA) is 12.0 Å². The SMILES string of the molecule is CCC(C)CC(CC)NC(CC)c1ccc(C)cc1. The van der Waals surface area contributed by atoms with Gasteiger partial charge in [-0.2, -0.15) is 0 Å². The van der Waals surface area contributed by atoms with Gasteiger partial charge in [-0.1, -0.05) is 63.9 Å². The van der Waals surface area contributed by atoms with E-state index in [1.807, 2.05) is 0 Å². The van der Waals surface area contributed by atoms with Gasteiger partial charge in [0.1, 0.15) is 0 Å². The van der Waals surface area contributed by atoms with E-state index in [9.17, 15) is 0 Å². The minimum atomic E-state index is 0.495. The number of hydrogen-bond acceptors (Lipinski definition) is 1. The Morgan fingerprint density at radius 2 is 1.58 bits per heavy atom. The summed E-state index contributed by atoms with van der Waals surface area (Å²) in [7, 11) is 0. The van der Waals surface area contributed by atoms with Gasteiger partial charge in [-0.25, -0.2) is 0 Å². The van der Waals surface area contributed by atoms with Gasteiger partial charge < -0.3 is 5.32 Å². The Morgan fingerprint density at radius 3 is 2.05 bits per heavy atom. The summed E-state index contributed by atoms with van der Waals surface area (Å²) < 4.78 is 0. The monoisotopic (exact) mass is 261 g/mol. The van der Waals surface area contributed by atoms with Gasteiger partial charge in [0.05, 0.1) is 0 Å². The molecule has 0 bridgehead atoms. The standard InChI is InChI=1S/C18H31N/c1-6-14(4)13-17(7-2)19-18(8-3)16-11-9-15(5)10-12-16/h9-12,14,17-19H,6-8,13H2,1-5H3. The number of nitrogens with one attached hydrogen (secondary N) is 1. The van der Waals surface area contributed by atoms with Crippen LogP contribution in [0.25, 0.3) is 0 Å². The van der Waals surface area contributed by atoms with E-state index in [1.54, 1.807) is 0 Å². The van der Waals surface area contributed by atoms with Crippen LogP contribution in [0.4, 0.5) is 0 Å². The molecule has 3 atom stereocenters. The summed E-state index contributed by atoms with van der Waals surface area (Å²) in [5, 5.41) is 3.85. The molecule has 1 heteroatoms. The van der Waals surface area contributed by atoms with Crippen LogP contribution < -0.4 is 5.32 Å². The van der Waals surface area contributed by atoms with Crippen molar-refractivity contribution in [3.05, 3.63) is 35.4 Å². The van der Waals surface area contributed by atoms with Crippen molar-refractivity contribution >= 4 is 0 Å². The Labute approximate surface area is 119 Å². The maximum Gasteiger partial charge on any atom is 0.0320 e. The van der Waals surface area contributed by atoms with Crippen LogP contribution in [0.15, 0.2) is 24.3 Å². The molecule has 0 radical (unpaired) electrons. The zero-order valence-corrected chi connectivity index (χ0v) is 13.4. The van der Waals surface area contributed by atoms with Crippen LogP contribution in [0.3, 0.4) is 0 Å². The van der Waals surface area contributed by atoms with Crippen molar-refractivity contribution in [3.63, 3.8) is 0 Å². The first-order chi connectivity index (χ1) is 9.10. The summed E-state index contributed by atoms with van der Waals surface area (Å²) in [5.41, 5.74) is 2.76. The fourth-order valence-electron chi connectivity index (χ4n) is 2.54. The van der Waals surface area contributed by atoms with E-state index in [-0.39, 0.29) is 0 Å². The van der Waals surface area contributed by atoms with E-state index in [0.29, 0.717) is 12.1 Å². The first-order valence-corrected chi connectivity index (χ1v) is 7.93. The summed E-state index contributed by atoms with van der Waals surface area (Å²) in [6.07, 6.45) is 4.93. The second kappa shape index (κ2) is 8.37. The number of aryl methyl sites for hydroxylation is 1. The van der Waals surface area contributed by atoms with E-state index >= 15 is 0 Å². The Balaban J connectivity index is 2.66. The Morgan fingerprint density at radius 1 is 0.947 bits per heavy atom. The molecule has 0 fully saturated rings. The van der Waals surface area contributed by atoms with Gasteiger partial charge in [0.2, 0.25) is 0 Å². The Bertz CT molecular complexity index is 341. The first kappa shape index (κ1) is 16.2. The largest absolute Gasteiger partial charge is 0.307 e. The first-order valence-electron chi connectivity index (χ1n) is 7.93. The summed E-state index contributed by atoms with van der Waals surface area (Å²) >= 11 is 0. The van der Waals surface area contributed by atoms with Gasteiger partial charge in [-0.05, 0) is 37.7 Å². The van der Waals surface area contributed by atoms with Crippen LogP contribution in [0.1, 0.15) is 70.5 Å². The van der Waals surface area contributed by atoms with Crippen LogP contribution in [0, 0.1) is 12.8 Å². The Hall–Kier alpha value is -0.820. The molecular formula is C18H31N. The van der Waals surface area contributed by atoms with Crippen molar-refractivity contribution in [2.45, 2.75) is 72.4 Å². The van der Waals surface area contributed by atoms with Gasteiger partial charge in [0.15, 0.2) is 0 Å². The van der Waals surface area contributed by atoms with E-state index in [4.69, 9.17) is 0 Å². The highest BCUT2D eigenvalue weighted by Gasteiger charge is 2.16.